The minimum atomic E-state index is -4.52. The quantitative estimate of drug-likeness (QED) is 0.159. The summed E-state index contributed by atoms with van der Waals surface area (Å²) in [7, 11) is 11.5. The van der Waals surface area contributed by atoms with Crippen molar-refractivity contribution in [1.29, 1.82) is 0 Å². The van der Waals surface area contributed by atoms with Gasteiger partial charge < -0.3 is 60.0 Å². The van der Waals surface area contributed by atoms with E-state index in [-0.39, 0.29) is 101 Å². The molecule has 0 aromatic rings. The van der Waals surface area contributed by atoms with Crippen LogP contribution in [0.4, 0.5) is 13.2 Å². The topological polar surface area (TPSA) is 270 Å². The van der Waals surface area contributed by atoms with E-state index in [1.807, 2.05) is 33.8 Å². The molecule has 0 aromatic heterocycles. The number of carbonyl (C=O) groups excluding carboxylic acids is 12. The highest BCUT2D eigenvalue weighted by Gasteiger charge is 2.59. The summed E-state index contributed by atoms with van der Waals surface area (Å²) in [5, 5.41) is 7.61. The third kappa shape index (κ3) is 19.7. The maximum Gasteiger partial charge on any atom is 0.393 e. The van der Waals surface area contributed by atoms with Crippen LogP contribution in [0.2, 0.25) is 0 Å². The molecule has 102 heavy (non-hydrogen) atoms. The smallest absolute Gasteiger partial charge is 0.347 e. The van der Waals surface area contributed by atoms with Crippen LogP contribution in [0, 0.1) is 46.8 Å². The highest BCUT2D eigenvalue weighted by Crippen LogP contribution is 2.50. The Bertz CT molecular complexity index is 3080. The van der Waals surface area contributed by atoms with E-state index in [4.69, 9.17) is 11.6 Å². The average molecular weight is 1460 g/mol. The zero-order chi connectivity index (χ0) is 75.8. The fourth-order valence-electron chi connectivity index (χ4n) is 17.4. The van der Waals surface area contributed by atoms with Crippen molar-refractivity contribution >= 4 is 82.5 Å². The standard InChI is InChI=1S/C74H118ClF3N12O12/c1-16-46(5)61-69(100)84(11)41-60(93)86(13)54-25-19-18-22-34-89(68(54)99)57(37-48-28-26-44(3)27-29-48)67(98)83(10)40-58(91)79-52(33-31-47-30-32-50(51(75)36-47)74(76,77)78)65(96)90-39-45(4)35-55(90)64(95)81-73(42-72(6,7)43-73)71(102)88(15)62(49-23-20-21-24-49)70(101)87(14)56(66(97)82(8)9)38-59(92)85(12)53(17-2)63(94)80-61/h18-19,44-57,61-62H,16-17,20-43H2,1-15H3,(H,79,91)(H,80,94)(H,81,95)/b19-18-/t44?,45-,46-,47?,48?,50?,51?,52-,53-,54-,55-,56-,57-,61-,62-/m0/s1. The summed E-state index contributed by atoms with van der Waals surface area (Å²) in [6.45, 7) is 12.2. The lowest BCUT2D eigenvalue weighted by Crippen LogP contribution is -2.71. The number of amides is 12. The van der Waals surface area contributed by atoms with Gasteiger partial charge in [-0.25, -0.2) is 0 Å². The van der Waals surface area contributed by atoms with Gasteiger partial charge in [-0.05, 0) is 131 Å². The predicted molar refractivity (Wildman–Crippen MR) is 379 cm³/mol. The van der Waals surface area contributed by atoms with Crippen LogP contribution in [0.5, 0.6) is 0 Å². The fourth-order valence-corrected chi connectivity index (χ4v) is 17.9. The Morgan fingerprint density at radius 3 is 1.88 bits per heavy atom. The zero-order valence-corrected chi connectivity index (χ0v) is 64.0. The molecule has 3 unspecified atom stereocenters. The molecule has 4 aliphatic carbocycles. The summed E-state index contributed by atoms with van der Waals surface area (Å²) in [4.78, 5) is 192. The first kappa shape index (κ1) is 82.7. The maximum absolute atomic E-state index is 15.7. The lowest BCUT2D eigenvalue weighted by molar-refractivity contribution is -0.182. The first-order chi connectivity index (χ1) is 47.8. The van der Waals surface area contributed by atoms with Crippen LogP contribution in [-0.4, -0.2) is 263 Å². The largest absolute Gasteiger partial charge is 0.393 e. The van der Waals surface area contributed by atoms with Crippen molar-refractivity contribution in [2.75, 3.05) is 82.6 Å². The van der Waals surface area contributed by atoms with Gasteiger partial charge >= 0.3 is 6.18 Å². The molecule has 28 heteroatoms. The molecule has 3 heterocycles. The maximum atomic E-state index is 15.7. The summed E-state index contributed by atoms with van der Waals surface area (Å²) in [5.74, 6) is -10.5. The van der Waals surface area contributed by atoms with Crippen LogP contribution >= 0.6 is 11.6 Å². The first-order valence-electron chi connectivity index (χ1n) is 37.4. The van der Waals surface area contributed by atoms with Gasteiger partial charge in [0.05, 0.1) is 25.4 Å². The number of nitrogens with zero attached hydrogens (tertiary/aromatic N) is 9. The number of fused-ring (bicyclic) bond motifs is 3. The van der Waals surface area contributed by atoms with Gasteiger partial charge in [-0.3, -0.25) is 57.5 Å². The monoisotopic (exact) mass is 1460 g/mol. The number of hydrogen-bond acceptors (Lipinski definition) is 12. The van der Waals surface area contributed by atoms with Crippen molar-refractivity contribution in [3.05, 3.63) is 12.2 Å². The Morgan fingerprint density at radius 2 is 1.29 bits per heavy atom. The minimum Gasteiger partial charge on any atom is -0.347 e. The van der Waals surface area contributed by atoms with Gasteiger partial charge in [0.2, 0.25) is 70.9 Å². The molecule has 7 aliphatic rings. The van der Waals surface area contributed by atoms with E-state index in [1.54, 1.807) is 19.9 Å². The molecule has 4 saturated carbocycles. The normalized spacial score (nSPS) is 32.7. The van der Waals surface area contributed by atoms with Gasteiger partial charge in [-0.15, -0.1) is 11.6 Å². The molecule has 6 fully saturated rings. The van der Waals surface area contributed by atoms with Gasteiger partial charge in [0.25, 0.3) is 0 Å². The fraction of sp³-hybridized carbons (Fsp3) is 0.811. The van der Waals surface area contributed by atoms with E-state index in [0.29, 0.717) is 31.6 Å². The molecule has 0 aromatic carbocycles. The second-order valence-corrected chi connectivity index (χ2v) is 33.0. The highest BCUT2D eigenvalue weighted by atomic mass is 35.5. The van der Waals surface area contributed by atoms with Gasteiger partial charge in [-0.1, -0.05) is 106 Å². The van der Waals surface area contributed by atoms with Crippen molar-refractivity contribution < 1.29 is 70.7 Å². The molecule has 574 valence electrons. The molecule has 1 spiro atoms. The molecule has 12 amide bonds. The van der Waals surface area contributed by atoms with Crippen LogP contribution in [0.3, 0.4) is 0 Å². The summed E-state index contributed by atoms with van der Waals surface area (Å²) in [5.41, 5.74) is -2.10. The highest BCUT2D eigenvalue weighted by molar-refractivity contribution is 6.21. The first-order valence-corrected chi connectivity index (χ1v) is 37.8. The third-order valence-electron chi connectivity index (χ3n) is 23.7. The van der Waals surface area contributed by atoms with E-state index < -0.39 is 179 Å². The Labute approximate surface area is 607 Å². The Balaban J connectivity index is 1.30. The number of halogens is 4. The molecule has 0 radical (unpaired) electrons. The molecular weight excluding hydrogens is 1340 g/mol. The number of alkyl halides is 4. The summed E-state index contributed by atoms with van der Waals surface area (Å²) in [6, 6.07) is -9.85. The van der Waals surface area contributed by atoms with Crippen LogP contribution in [-0.2, 0) is 57.5 Å². The molecule has 3 N–H and O–H groups in total. The van der Waals surface area contributed by atoms with Crippen molar-refractivity contribution in [1.82, 2.24) is 60.0 Å². The molecule has 7 rings (SSSR count). The van der Waals surface area contributed by atoms with Crippen LogP contribution in [0.1, 0.15) is 190 Å². The second-order valence-electron chi connectivity index (χ2n) is 32.4. The molecule has 2 bridgehead atoms. The molecule has 2 saturated heterocycles. The van der Waals surface area contributed by atoms with E-state index in [1.165, 1.54) is 100 Å². The Morgan fingerprint density at radius 1 is 0.667 bits per heavy atom. The van der Waals surface area contributed by atoms with Crippen LogP contribution in [0.15, 0.2) is 12.2 Å². The van der Waals surface area contributed by atoms with E-state index in [2.05, 4.69) is 22.9 Å². The van der Waals surface area contributed by atoms with Crippen molar-refractivity contribution in [2.24, 2.45) is 46.8 Å². The number of carbonyl (C=O) groups is 12. The summed E-state index contributed by atoms with van der Waals surface area (Å²) in [6.07, 6.45) is 5.97. The Hall–Kier alpha value is -6.54. The number of hydrogen-bond donors (Lipinski definition) is 3. The minimum absolute atomic E-state index is 0.00607. The van der Waals surface area contributed by atoms with Gasteiger partial charge in [-0.2, -0.15) is 13.2 Å². The molecule has 24 nitrogen and oxygen atoms in total. The van der Waals surface area contributed by atoms with Gasteiger partial charge in [0, 0.05) is 74.8 Å². The van der Waals surface area contributed by atoms with Gasteiger partial charge in [0.15, 0.2) is 0 Å². The van der Waals surface area contributed by atoms with Gasteiger partial charge in [0.1, 0.15) is 53.9 Å². The summed E-state index contributed by atoms with van der Waals surface area (Å²) < 4.78 is 42.3. The van der Waals surface area contributed by atoms with Crippen LogP contribution in [0.25, 0.3) is 0 Å². The molecule has 3 aliphatic heterocycles. The van der Waals surface area contributed by atoms with Crippen molar-refractivity contribution in [3.63, 3.8) is 0 Å². The average Bonchev–Trinajstić information content (AvgIpc) is 0.924. The zero-order valence-electron chi connectivity index (χ0n) is 63.2. The van der Waals surface area contributed by atoms with E-state index >= 15 is 28.8 Å². The third-order valence-corrected chi connectivity index (χ3v) is 24.1. The van der Waals surface area contributed by atoms with Crippen LogP contribution < -0.4 is 16.0 Å². The number of nitrogens with one attached hydrogen (secondary N) is 3. The lowest BCUT2D eigenvalue weighted by Gasteiger charge is -2.54. The lowest BCUT2D eigenvalue weighted by atomic mass is 9.58. The van der Waals surface area contributed by atoms with Crippen molar-refractivity contribution in [2.45, 2.75) is 255 Å². The number of rotatable bonds is 10. The molecule has 13 atom stereocenters. The van der Waals surface area contributed by atoms with E-state index in [9.17, 15) is 41.9 Å². The SMILES string of the molecule is CC[C@H](C)[C@@H]1NC(=O)[C@H](CC)N(C)C(=O)C[C@@H](C(=O)N(C)C)N(C)C(=O)[C@H](C2CCCC2)N(C)C(=O)C2(CC(C)(C)C2)NC(=O)[C@@H]2C[C@H](C)CN2C(=O)[C@H](CCC2CCC(C(F)(F)F)C(Cl)C2)NC(=O)CN(C)C(=O)[C@H](CC2CCC(C)CC2)N2CC/C=C\C[C@@H](C2=O)N(C)C(=O)CN(C)C1=O. The predicted octanol–water partition coefficient (Wildman–Crippen LogP) is 6.36. The van der Waals surface area contributed by atoms with E-state index in [0.717, 1.165) is 38.5 Å². The second kappa shape index (κ2) is 35.0. The number of likely N-dealkylation sites (N-methyl/N-ethyl adjacent to an activating group) is 7. The molecular formula is C74H118ClF3N12O12. The Kier molecular flexibility index (Phi) is 28.4. The van der Waals surface area contributed by atoms with Crippen molar-refractivity contribution in [3.8, 4) is 0 Å². The summed E-state index contributed by atoms with van der Waals surface area (Å²) >= 11 is 6.45.